The number of amides is 1. The molecule has 1 aromatic heterocycles. The topological polar surface area (TPSA) is 97.4 Å². The monoisotopic (exact) mass is 481 g/mol. The smallest absolute Gasteiger partial charge is 0.265 e. The third-order valence-electron chi connectivity index (χ3n) is 3.58. The average Bonchev–Trinajstić information content (AvgIpc) is 3.16. The lowest BCUT2D eigenvalue weighted by Crippen LogP contribution is -2.30. The van der Waals surface area contributed by atoms with Gasteiger partial charge >= 0.3 is 0 Å². The number of nitrogens with zero attached hydrogens (tertiary/aromatic N) is 1. The number of anilines is 2. The molecule has 3 aromatic rings. The highest BCUT2D eigenvalue weighted by atomic mass is 79.9. The lowest BCUT2D eigenvalue weighted by molar-refractivity contribution is -0.122. The van der Waals surface area contributed by atoms with Crippen LogP contribution in [0.1, 0.15) is 6.92 Å². The molecule has 0 radical (unpaired) electrons. The Hall–Kier alpha value is -2.43. The molecule has 2 N–H and O–H groups in total. The number of nitrogens with one attached hydrogen (secondary N) is 2. The second-order valence-corrected chi connectivity index (χ2v) is 9.16. The third kappa shape index (κ3) is 5.31. The van der Waals surface area contributed by atoms with E-state index in [2.05, 4.69) is 31.0 Å². The molecule has 146 valence electrons. The molecule has 0 unspecified atom stereocenters. The molecule has 0 saturated heterocycles. The number of carbonyl (C=O) groups is 1. The number of rotatable bonds is 7. The third-order valence-corrected chi connectivity index (χ3v) is 6.28. The Labute approximate surface area is 175 Å². The summed E-state index contributed by atoms with van der Waals surface area (Å²) < 4.78 is 33.5. The van der Waals surface area contributed by atoms with Crippen LogP contribution in [0.4, 0.5) is 10.8 Å². The molecular formula is C18H16BrN3O4S2. The molecular weight excluding hydrogens is 466 g/mol. The Bertz CT molecular complexity index is 1040. The molecule has 1 amide bonds. The summed E-state index contributed by atoms with van der Waals surface area (Å²) in [5, 5.41) is 4.66. The van der Waals surface area contributed by atoms with E-state index in [1.165, 1.54) is 41.8 Å². The van der Waals surface area contributed by atoms with Crippen LogP contribution >= 0.6 is 27.3 Å². The van der Waals surface area contributed by atoms with E-state index in [1.54, 1.807) is 24.4 Å². The number of halogens is 1. The maximum absolute atomic E-state index is 12.3. The van der Waals surface area contributed by atoms with E-state index in [-0.39, 0.29) is 15.9 Å². The SMILES string of the molecule is C[C@@H](Oc1ccc(Br)cc1)C(=O)Nc1ccc(S(=O)(=O)Nc2nccs2)cc1. The summed E-state index contributed by atoms with van der Waals surface area (Å²) in [6.45, 7) is 1.63. The van der Waals surface area contributed by atoms with Crippen LogP contribution in [0, 0.1) is 0 Å². The van der Waals surface area contributed by atoms with Crippen molar-refractivity contribution in [3.05, 3.63) is 64.6 Å². The zero-order valence-corrected chi connectivity index (χ0v) is 17.8. The molecule has 0 aliphatic carbocycles. The summed E-state index contributed by atoms with van der Waals surface area (Å²) in [5.41, 5.74) is 0.462. The Morgan fingerprint density at radius 3 is 2.43 bits per heavy atom. The fraction of sp³-hybridized carbons (Fsp3) is 0.111. The average molecular weight is 482 g/mol. The van der Waals surface area contributed by atoms with Gasteiger partial charge in [-0.3, -0.25) is 9.52 Å². The summed E-state index contributed by atoms with van der Waals surface area (Å²) in [6.07, 6.45) is 0.787. The van der Waals surface area contributed by atoms with E-state index >= 15 is 0 Å². The minimum absolute atomic E-state index is 0.0693. The van der Waals surface area contributed by atoms with Crippen molar-refractivity contribution in [3.8, 4) is 5.75 Å². The van der Waals surface area contributed by atoms with E-state index in [4.69, 9.17) is 4.74 Å². The predicted octanol–water partition coefficient (Wildman–Crippen LogP) is 4.11. The van der Waals surface area contributed by atoms with E-state index in [0.29, 0.717) is 11.4 Å². The fourth-order valence-electron chi connectivity index (χ4n) is 2.18. The van der Waals surface area contributed by atoms with Crippen molar-refractivity contribution < 1.29 is 17.9 Å². The van der Waals surface area contributed by atoms with Crippen LogP contribution in [-0.4, -0.2) is 25.4 Å². The largest absolute Gasteiger partial charge is 0.481 e. The number of benzene rings is 2. The van der Waals surface area contributed by atoms with Crippen molar-refractivity contribution in [2.75, 3.05) is 10.0 Å². The molecule has 0 saturated carbocycles. The fourth-order valence-corrected chi connectivity index (χ4v) is 4.23. The summed E-state index contributed by atoms with van der Waals surface area (Å²) >= 11 is 4.52. The standard InChI is InChI=1S/C18H16BrN3O4S2/c1-12(26-15-6-2-13(19)3-7-15)17(23)21-14-4-8-16(9-5-14)28(24,25)22-18-20-10-11-27-18/h2-12H,1H3,(H,20,22)(H,21,23)/t12-/m1/s1. The molecule has 0 aliphatic heterocycles. The van der Waals surface area contributed by atoms with Crippen LogP contribution in [0.5, 0.6) is 5.75 Å². The number of thiazole rings is 1. The van der Waals surface area contributed by atoms with Gasteiger partial charge in [0.1, 0.15) is 5.75 Å². The van der Waals surface area contributed by atoms with Crippen LogP contribution in [0.25, 0.3) is 0 Å². The zero-order valence-electron chi connectivity index (χ0n) is 14.6. The second-order valence-electron chi connectivity index (χ2n) is 5.67. The zero-order chi connectivity index (χ0) is 20.1. The lowest BCUT2D eigenvalue weighted by atomic mass is 10.3. The Kier molecular flexibility index (Phi) is 6.32. The van der Waals surface area contributed by atoms with Gasteiger partial charge in [-0.25, -0.2) is 13.4 Å². The normalized spacial score (nSPS) is 12.2. The number of hydrogen-bond donors (Lipinski definition) is 2. The van der Waals surface area contributed by atoms with E-state index < -0.39 is 16.1 Å². The highest BCUT2D eigenvalue weighted by molar-refractivity contribution is 9.10. The van der Waals surface area contributed by atoms with E-state index in [9.17, 15) is 13.2 Å². The number of aromatic nitrogens is 1. The molecule has 3 rings (SSSR count). The first-order chi connectivity index (χ1) is 13.3. The highest BCUT2D eigenvalue weighted by Gasteiger charge is 2.17. The number of ether oxygens (including phenoxy) is 1. The number of sulfonamides is 1. The molecule has 1 atom stereocenters. The van der Waals surface area contributed by atoms with Crippen LogP contribution in [0.2, 0.25) is 0 Å². The first-order valence-corrected chi connectivity index (χ1v) is 11.2. The van der Waals surface area contributed by atoms with Crippen molar-refractivity contribution >= 4 is 54.0 Å². The molecule has 0 aliphatic rings. The maximum atomic E-state index is 12.3. The van der Waals surface area contributed by atoms with E-state index in [0.717, 1.165) is 4.47 Å². The Morgan fingerprint density at radius 2 is 1.82 bits per heavy atom. The summed E-state index contributed by atoms with van der Waals surface area (Å²) in [5.74, 6) is 0.222. The van der Waals surface area contributed by atoms with Gasteiger partial charge in [0.2, 0.25) is 0 Å². The van der Waals surface area contributed by atoms with Gasteiger partial charge in [0.05, 0.1) is 4.90 Å². The van der Waals surface area contributed by atoms with Crippen LogP contribution in [-0.2, 0) is 14.8 Å². The first-order valence-electron chi connectivity index (χ1n) is 8.09. The van der Waals surface area contributed by atoms with Gasteiger partial charge in [0, 0.05) is 21.7 Å². The van der Waals surface area contributed by atoms with Crippen molar-refractivity contribution in [1.82, 2.24) is 4.98 Å². The quantitative estimate of drug-likeness (QED) is 0.528. The minimum atomic E-state index is -3.73. The van der Waals surface area contributed by atoms with Crippen molar-refractivity contribution in [2.45, 2.75) is 17.9 Å². The Balaban J connectivity index is 1.61. The molecule has 0 bridgehead atoms. The van der Waals surface area contributed by atoms with Gasteiger partial charge in [0.25, 0.3) is 15.9 Å². The van der Waals surface area contributed by atoms with Gasteiger partial charge in [-0.1, -0.05) is 15.9 Å². The van der Waals surface area contributed by atoms with Gasteiger partial charge in [-0.05, 0) is 55.5 Å². The van der Waals surface area contributed by atoms with Gasteiger partial charge in [0.15, 0.2) is 11.2 Å². The summed E-state index contributed by atoms with van der Waals surface area (Å²) in [6, 6.07) is 13.0. The number of carbonyl (C=O) groups excluding carboxylic acids is 1. The number of hydrogen-bond acceptors (Lipinski definition) is 6. The molecule has 0 spiro atoms. The Morgan fingerprint density at radius 1 is 1.14 bits per heavy atom. The van der Waals surface area contributed by atoms with Crippen LogP contribution in [0.15, 0.2) is 69.5 Å². The van der Waals surface area contributed by atoms with Gasteiger partial charge in [-0.2, -0.15) is 0 Å². The minimum Gasteiger partial charge on any atom is -0.481 e. The maximum Gasteiger partial charge on any atom is 0.265 e. The highest BCUT2D eigenvalue weighted by Crippen LogP contribution is 2.20. The lowest BCUT2D eigenvalue weighted by Gasteiger charge is -2.15. The second kappa shape index (κ2) is 8.72. The molecule has 1 heterocycles. The molecule has 10 heteroatoms. The summed E-state index contributed by atoms with van der Waals surface area (Å²) in [4.78, 5) is 16.3. The molecule has 0 fully saturated rings. The van der Waals surface area contributed by atoms with Crippen molar-refractivity contribution in [1.29, 1.82) is 0 Å². The first kappa shape index (κ1) is 20.3. The van der Waals surface area contributed by atoms with Crippen LogP contribution in [0.3, 0.4) is 0 Å². The molecule has 7 nitrogen and oxygen atoms in total. The van der Waals surface area contributed by atoms with Crippen molar-refractivity contribution in [3.63, 3.8) is 0 Å². The predicted molar refractivity (Wildman–Crippen MR) is 112 cm³/mol. The van der Waals surface area contributed by atoms with Crippen molar-refractivity contribution in [2.24, 2.45) is 0 Å². The molecule has 2 aromatic carbocycles. The van der Waals surface area contributed by atoms with Crippen LogP contribution < -0.4 is 14.8 Å². The summed E-state index contributed by atoms with van der Waals surface area (Å²) in [7, 11) is -3.73. The molecule has 28 heavy (non-hydrogen) atoms. The van der Waals surface area contributed by atoms with Gasteiger partial charge < -0.3 is 10.1 Å². The van der Waals surface area contributed by atoms with Gasteiger partial charge in [-0.15, -0.1) is 11.3 Å². The van der Waals surface area contributed by atoms with E-state index in [1.807, 2.05) is 12.1 Å².